The number of hydrogen-bond donors (Lipinski definition) is 1. The van der Waals surface area contributed by atoms with E-state index in [0.29, 0.717) is 6.54 Å². The van der Waals surface area contributed by atoms with Crippen LogP contribution in [0.2, 0.25) is 5.02 Å². The lowest BCUT2D eigenvalue weighted by Crippen LogP contribution is -2.44. The molecule has 4 rings (SSSR count). The number of rotatable bonds is 2. The highest BCUT2D eigenvalue weighted by Crippen LogP contribution is 2.44. The normalized spacial score (nSPS) is 20.3. The molecule has 0 bridgehead atoms. The summed E-state index contributed by atoms with van der Waals surface area (Å²) in [5.41, 5.74) is 3.15. The van der Waals surface area contributed by atoms with Gasteiger partial charge in [-0.05, 0) is 72.2 Å². The average molecular weight is 375 g/mol. The molecule has 2 aromatic rings. The molecule has 2 aliphatic rings. The van der Waals surface area contributed by atoms with Gasteiger partial charge >= 0.3 is 0 Å². The van der Waals surface area contributed by atoms with E-state index in [2.05, 4.69) is 5.32 Å². The summed E-state index contributed by atoms with van der Waals surface area (Å²) in [6.07, 6.45) is 3.02. The third-order valence-electron chi connectivity index (χ3n) is 5.11. The Morgan fingerprint density at radius 3 is 2.80 bits per heavy atom. The van der Waals surface area contributed by atoms with E-state index in [1.54, 1.807) is 6.07 Å². The van der Waals surface area contributed by atoms with Crippen molar-refractivity contribution in [2.24, 2.45) is 10.4 Å². The molecule has 1 N–H and O–H groups in total. The molecule has 0 amide bonds. The zero-order valence-corrected chi connectivity index (χ0v) is 15.5. The van der Waals surface area contributed by atoms with Crippen LogP contribution < -0.4 is 5.32 Å². The van der Waals surface area contributed by atoms with Crippen LogP contribution >= 0.6 is 23.4 Å². The molecule has 2 aromatic carbocycles. The van der Waals surface area contributed by atoms with E-state index in [0.717, 1.165) is 58.4 Å². The van der Waals surface area contributed by atoms with Crippen LogP contribution in [0.25, 0.3) is 0 Å². The van der Waals surface area contributed by atoms with Gasteiger partial charge in [-0.25, -0.2) is 4.39 Å². The lowest BCUT2D eigenvalue weighted by molar-refractivity contribution is 0.376. The van der Waals surface area contributed by atoms with E-state index < -0.39 is 0 Å². The number of anilines is 1. The molecule has 1 saturated heterocycles. The number of hydrogen-bond acceptors (Lipinski definition) is 2. The van der Waals surface area contributed by atoms with Crippen LogP contribution in [0.3, 0.4) is 0 Å². The number of aliphatic imine (C=N–C) groups is 1. The van der Waals surface area contributed by atoms with Crippen molar-refractivity contribution >= 4 is 34.9 Å². The van der Waals surface area contributed by atoms with E-state index in [9.17, 15) is 4.39 Å². The molecule has 0 atom stereocenters. The summed E-state index contributed by atoms with van der Waals surface area (Å²) < 4.78 is 13.7. The highest BCUT2D eigenvalue weighted by atomic mass is 35.5. The lowest BCUT2D eigenvalue weighted by Gasteiger charge is -2.42. The van der Waals surface area contributed by atoms with Crippen molar-refractivity contribution in [2.75, 3.05) is 16.8 Å². The van der Waals surface area contributed by atoms with Gasteiger partial charge in [-0.15, -0.1) is 0 Å². The zero-order valence-electron chi connectivity index (χ0n) is 13.9. The van der Waals surface area contributed by atoms with Gasteiger partial charge in [-0.1, -0.05) is 23.7 Å². The van der Waals surface area contributed by atoms with Gasteiger partial charge in [-0.3, -0.25) is 4.99 Å². The van der Waals surface area contributed by atoms with Crippen molar-refractivity contribution in [2.45, 2.75) is 25.8 Å². The summed E-state index contributed by atoms with van der Waals surface area (Å²) in [5.74, 6) is 3.14. The third-order valence-corrected chi connectivity index (χ3v) is 6.33. The van der Waals surface area contributed by atoms with E-state index in [1.165, 1.54) is 6.07 Å². The van der Waals surface area contributed by atoms with Crippen LogP contribution in [0, 0.1) is 11.2 Å². The second kappa shape index (κ2) is 7.00. The van der Waals surface area contributed by atoms with Gasteiger partial charge in [0.1, 0.15) is 11.7 Å². The van der Waals surface area contributed by atoms with E-state index >= 15 is 0 Å². The van der Waals surface area contributed by atoms with Crippen molar-refractivity contribution < 1.29 is 4.39 Å². The predicted molar refractivity (Wildman–Crippen MR) is 105 cm³/mol. The smallest absolute Gasteiger partial charge is 0.123 e. The lowest BCUT2D eigenvalue weighted by atomic mass is 9.73. The van der Waals surface area contributed by atoms with Gasteiger partial charge in [0.05, 0.1) is 6.54 Å². The van der Waals surface area contributed by atoms with Crippen LogP contribution in [0.1, 0.15) is 24.0 Å². The van der Waals surface area contributed by atoms with Crippen molar-refractivity contribution in [3.05, 3.63) is 64.4 Å². The molecule has 25 heavy (non-hydrogen) atoms. The van der Waals surface area contributed by atoms with Crippen LogP contribution in [0.4, 0.5) is 10.1 Å². The second-order valence-electron chi connectivity index (χ2n) is 6.79. The Morgan fingerprint density at radius 1 is 1.16 bits per heavy atom. The molecule has 2 aliphatic heterocycles. The van der Waals surface area contributed by atoms with Crippen molar-refractivity contribution in [1.29, 1.82) is 0 Å². The number of fused-ring (bicyclic) bond motifs is 1. The minimum absolute atomic E-state index is 0.00458. The number of amidine groups is 1. The molecule has 5 heteroatoms. The van der Waals surface area contributed by atoms with Gasteiger partial charge in [0.25, 0.3) is 0 Å². The Bertz CT molecular complexity index is 815. The second-order valence-corrected chi connectivity index (χ2v) is 8.45. The van der Waals surface area contributed by atoms with Crippen molar-refractivity contribution in [3.8, 4) is 0 Å². The molecule has 2 heterocycles. The maximum absolute atomic E-state index is 13.7. The summed E-state index contributed by atoms with van der Waals surface area (Å²) in [6.45, 7) is 0.605. The Labute approximate surface area is 156 Å². The number of nitrogens with zero attached hydrogens (tertiary/aromatic N) is 1. The Morgan fingerprint density at radius 2 is 2.00 bits per heavy atom. The largest absolute Gasteiger partial charge is 0.343 e. The van der Waals surface area contributed by atoms with E-state index in [1.807, 2.05) is 42.1 Å². The van der Waals surface area contributed by atoms with Gasteiger partial charge in [-0.2, -0.15) is 11.8 Å². The van der Waals surface area contributed by atoms with E-state index in [-0.39, 0.29) is 11.2 Å². The fourth-order valence-electron chi connectivity index (χ4n) is 3.73. The predicted octanol–water partition coefficient (Wildman–Crippen LogP) is 5.56. The highest BCUT2D eigenvalue weighted by Gasteiger charge is 2.41. The molecule has 0 radical (unpaired) electrons. The molecule has 1 spiro atoms. The molecule has 0 saturated carbocycles. The zero-order chi connectivity index (χ0) is 17.3. The average Bonchev–Trinajstić information content (AvgIpc) is 2.61. The van der Waals surface area contributed by atoms with Gasteiger partial charge < -0.3 is 5.32 Å². The van der Waals surface area contributed by atoms with Gasteiger partial charge in [0.15, 0.2) is 0 Å². The first-order valence-electron chi connectivity index (χ1n) is 8.57. The monoisotopic (exact) mass is 374 g/mol. The minimum Gasteiger partial charge on any atom is -0.343 e. The Hall–Kier alpha value is -1.52. The third kappa shape index (κ3) is 3.56. The molecule has 0 aromatic heterocycles. The van der Waals surface area contributed by atoms with Crippen LogP contribution in [0.5, 0.6) is 0 Å². The van der Waals surface area contributed by atoms with Crippen LogP contribution in [-0.4, -0.2) is 17.3 Å². The maximum Gasteiger partial charge on any atom is 0.123 e. The van der Waals surface area contributed by atoms with Crippen LogP contribution in [-0.2, 0) is 13.0 Å². The topological polar surface area (TPSA) is 24.4 Å². The molecular weight excluding hydrogens is 355 g/mol. The Kier molecular flexibility index (Phi) is 4.74. The van der Waals surface area contributed by atoms with Crippen LogP contribution in [0.15, 0.2) is 47.5 Å². The first kappa shape index (κ1) is 16.9. The molecule has 2 nitrogen and oxygen atoms in total. The molecular formula is C20H20ClFN2S. The fraction of sp³-hybridized carbons (Fsp3) is 0.350. The number of halogens is 2. The molecule has 1 fully saturated rings. The fourth-order valence-corrected chi connectivity index (χ4v) is 5.21. The number of nitrogens with one attached hydrogen (secondary N) is 1. The summed E-state index contributed by atoms with van der Waals surface area (Å²) in [6, 6.07) is 12.8. The molecule has 130 valence electrons. The summed E-state index contributed by atoms with van der Waals surface area (Å²) >= 11 is 8.08. The van der Waals surface area contributed by atoms with Gasteiger partial charge in [0, 0.05) is 16.1 Å². The maximum atomic E-state index is 13.7. The van der Waals surface area contributed by atoms with Gasteiger partial charge in [0.2, 0.25) is 0 Å². The van der Waals surface area contributed by atoms with Crippen molar-refractivity contribution in [3.63, 3.8) is 0 Å². The molecule has 0 unspecified atom stereocenters. The number of benzene rings is 2. The highest BCUT2D eigenvalue weighted by molar-refractivity contribution is 7.99. The molecule has 0 aliphatic carbocycles. The minimum atomic E-state index is -0.166. The summed E-state index contributed by atoms with van der Waals surface area (Å²) in [5, 5.41) is 4.25. The SMILES string of the molecule is Fc1ccc2c(c1)CC1(CCSCC1)C(=NCc1cccc(Cl)c1)N2. The number of thioether (sulfide) groups is 1. The Balaban J connectivity index is 1.68. The summed E-state index contributed by atoms with van der Waals surface area (Å²) in [7, 11) is 0. The quantitative estimate of drug-likeness (QED) is 0.744. The van der Waals surface area contributed by atoms with E-state index in [4.69, 9.17) is 16.6 Å². The standard InChI is InChI=1S/C20H20ClFN2S/c21-16-3-1-2-14(10-16)13-23-19-20(6-8-25-9-7-20)12-15-11-17(22)4-5-18(15)24-19/h1-5,10-11H,6-9,12-13H2,(H,23,24). The summed E-state index contributed by atoms with van der Waals surface area (Å²) in [4.78, 5) is 4.94. The first-order chi connectivity index (χ1) is 12.1. The van der Waals surface area contributed by atoms with Crippen molar-refractivity contribution in [1.82, 2.24) is 0 Å². The first-order valence-corrected chi connectivity index (χ1v) is 10.1.